The average Bonchev–Trinajstić information content (AvgIpc) is 1.62. The first-order valence-electron chi connectivity index (χ1n) is 2.57. The van der Waals surface area contributed by atoms with Gasteiger partial charge < -0.3 is 5.73 Å². The van der Waals surface area contributed by atoms with Crippen molar-refractivity contribution in [1.82, 2.24) is 0 Å². The van der Waals surface area contributed by atoms with Crippen molar-refractivity contribution in [2.45, 2.75) is 24.6 Å². The number of rotatable bonds is 2. The molecular weight excluding hydrogens is 138 g/mol. The molecule has 0 amide bonds. The summed E-state index contributed by atoms with van der Waals surface area (Å²) in [6, 6.07) is 0.0779. The molecular formula is C5H13NS2. The molecule has 0 heterocycles. The van der Waals surface area contributed by atoms with Crippen molar-refractivity contribution in [2.24, 2.45) is 5.73 Å². The van der Waals surface area contributed by atoms with Crippen molar-refractivity contribution in [3.05, 3.63) is 0 Å². The predicted molar refractivity (Wildman–Crippen MR) is 44.9 cm³/mol. The molecule has 1 nitrogen and oxygen atoms in total. The third kappa shape index (κ3) is 2.84. The Balaban J connectivity index is 3.62. The first kappa shape index (κ1) is 8.66. The monoisotopic (exact) mass is 151 g/mol. The molecule has 8 heavy (non-hydrogen) atoms. The molecule has 0 rings (SSSR count). The van der Waals surface area contributed by atoms with Crippen LogP contribution in [0.3, 0.4) is 0 Å². The number of hydrogen-bond donors (Lipinski definition) is 3. The fraction of sp³-hybridized carbons (Fsp3) is 1.00. The van der Waals surface area contributed by atoms with Crippen molar-refractivity contribution in [2.75, 3.05) is 5.75 Å². The SMILES string of the molecule is CC(C)(S)C(N)CS. The number of hydrogen-bond acceptors (Lipinski definition) is 3. The zero-order valence-corrected chi connectivity index (χ0v) is 7.05. The van der Waals surface area contributed by atoms with Crippen LogP contribution >= 0.6 is 25.3 Å². The lowest BCUT2D eigenvalue weighted by atomic mass is 10.1. The van der Waals surface area contributed by atoms with E-state index in [9.17, 15) is 0 Å². The molecule has 50 valence electrons. The summed E-state index contributed by atoms with van der Waals surface area (Å²) >= 11 is 8.29. The van der Waals surface area contributed by atoms with Crippen LogP contribution < -0.4 is 5.73 Å². The van der Waals surface area contributed by atoms with Crippen molar-refractivity contribution < 1.29 is 0 Å². The predicted octanol–water partition coefficient (Wildman–Crippen LogP) is 0.952. The number of thiol groups is 2. The lowest BCUT2D eigenvalue weighted by Crippen LogP contribution is -2.40. The van der Waals surface area contributed by atoms with Gasteiger partial charge in [-0.05, 0) is 13.8 Å². The highest BCUT2D eigenvalue weighted by molar-refractivity contribution is 7.82. The second kappa shape index (κ2) is 2.99. The van der Waals surface area contributed by atoms with Crippen LogP contribution in [0.25, 0.3) is 0 Å². The van der Waals surface area contributed by atoms with Crippen LogP contribution in [0.15, 0.2) is 0 Å². The van der Waals surface area contributed by atoms with E-state index in [4.69, 9.17) is 5.73 Å². The van der Waals surface area contributed by atoms with Gasteiger partial charge in [-0.25, -0.2) is 0 Å². The highest BCUT2D eigenvalue weighted by Gasteiger charge is 2.19. The normalized spacial score (nSPS) is 16.1. The summed E-state index contributed by atoms with van der Waals surface area (Å²) in [5, 5.41) is 0. The van der Waals surface area contributed by atoms with Crippen LogP contribution in [0.1, 0.15) is 13.8 Å². The van der Waals surface area contributed by atoms with Crippen LogP contribution in [0.4, 0.5) is 0 Å². The van der Waals surface area contributed by atoms with Crippen LogP contribution in [0, 0.1) is 0 Å². The molecule has 0 aromatic carbocycles. The van der Waals surface area contributed by atoms with Gasteiger partial charge in [0.25, 0.3) is 0 Å². The fourth-order valence-electron chi connectivity index (χ4n) is 0.223. The second-order valence-electron chi connectivity index (χ2n) is 2.44. The third-order valence-electron chi connectivity index (χ3n) is 1.10. The van der Waals surface area contributed by atoms with Gasteiger partial charge in [0, 0.05) is 16.5 Å². The van der Waals surface area contributed by atoms with Gasteiger partial charge in [-0.3, -0.25) is 0 Å². The van der Waals surface area contributed by atoms with E-state index in [2.05, 4.69) is 25.3 Å². The first-order chi connectivity index (χ1) is 3.48. The molecule has 0 bridgehead atoms. The van der Waals surface area contributed by atoms with Crippen molar-refractivity contribution in [3.8, 4) is 0 Å². The molecule has 0 aromatic heterocycles. The standard InChI is InChI=1S/C5H13NS2/c1-5(2,8)4(6)3-7/h4,7-8H,3,6H2,1-2H3. The van der Waals surface area contributed by atoms with E-state index in [1.165, 1.54) is 0 Å². The molecule has 0 saturated heterocycles. The maximum Gasteiger partial charge on any atom is 0.0269 e. The highest BCUT2D eigenvalue weighted by atomic mass is 32.1. The van der Waals surface area contributed by atoms with Crippen molar-refractivity contribution >= 4 is 25.3 Å². The minimum Gasteiger partial charge on any atom is -0.326 e. The van der Waals surface area contributed by atoms with E-state index in [-0.39, 0.29) is 10.8 Å². The van der Waals surface area contributed by atoms with Gasteiger partial charge >= 0.3 is 0 Å². The molecule has 0 aliphatic rings. The topological polar surface area (TPSA) is 26.0 Å². The van der Waals surface area contributed by atoms with Gasteiger partial charge in [0.15, 0.2) is 0 Å². The molecule has 0 radical (unpaired) electrons. The van der Waals surface area contributed by atoms with Crippen LogP contribution in [-0.4, -0.2) is 16.5 Å². The van der Waals surface area contributed by atoms with Crippen LogP contribution in [0.2, 0.25) is 0 Å². The summed E-state index contributed by atoms with van der Waals surface area (Å²) in [5.41, 5.74) is 5.60. The minimum atomic E-state index is -0.0955. The zero-order chi connectivity index (χ0) is 6.78. The molecule has 0 aliphatic heterocycles. The van der Waals surface area contributed by atoms with Crippen LogP contribution in [-0.2, 0) is 0 Å². The largest absolute Gasteiger partial charge is 0.326 e. The zero-order valence-electron chi connectivity index (χ0n) is 5.26. The Morgan fingerprint density at radius 2 is 2.00 bits per heavy atom. The van der Waals surface area contributed by atoms with Gasteiger partial charge in [0.2, 0.25) is 0 Å². The van der Waals surface area contributed by atoms with Gasteiger partial charge in [0.05, 0.1) is 0 Å². The van der Waals surface area contributed by atoms with E-state index < -0.39 is 0 Å². The Bertz CT molecular complexity index is 67.3. The molecule has 0 aliphatic carbocycles. The summed E-state index contributed by atoms with van der Waals surface area (Å²) < 4.78 is -0.0955. The van der Waals surface area contributed by atoms with Gasteiger partial charge in [-0.2, -0.15) is 25.3 Å². The highest BCUT2D eigenvalue weighted by Crippen LogP contribution is 2.15. The van der Waals surface area contributed by atoms with E-state index in [0.717, 1.165) is 0 Å². The quantitative estimate of drug-likeness (QED) is 0.503. The molecule has 2 N–H and O–H groups in total. The molecule has 3 heteroatoms. The molecule has 0 aromatic rings. The summed E-state index contributed by atoms with van der Waals surface area (Å²) in [5.74, 6) is 0.691. The second-order valence-corrected chi connectivity index (χ2v) is 3.96. The lowest BCUT2D eigenvalue weighted by molar-refractivity contribution is 0.591. The summed E-state index contributed by atoms with van der Waals surface area (Å²) in [6.07, 6.45) is 0. The Morgan fingerprint density at radius 3 is 2.00 bits per heavy atom. The van der Waals surface area contributed by atoms with Crippen molar-refractivity contribution in [1.29, 1.82) is 0 Å². The van der Waals surface area contributed by atoms with Gasteiger partial charge in [-0.15, -0.1) is 0 Å². The molecule has 0 saturated carbocycles. The maximum absolute atomic E-state index is 5.60. The Morgan fingerprint density at radius 1 is 1.62 bits per heavy atom. The molecule has 1 unspecified atom stereocenters. The average molecular weight is 151 g/mol. The van der Waals surface area contributed by atoms with E-state index in [0.29, 0.717) is 5.75 Å². The summed E-state index contributed by atoms with van der Waals surface area (Å²) in [7, 11) is 0. The molecule has 1 atom stereocenters. The van der Waals surface area contributed by atoms with E-state index >= 15 is 0 Å². The fourth-order valence-corrected chi connectivity index (χ4v) is 0.915. The summed E-state index contributed by atoms with van der Waals surface area (Å²) in [6.45, 7) is 3.97. The molecule has 0 spiro atoms. The van der Waals surface area contributed by atoms with Crippen molar-refractivity contribution in [3.63, 3.8) is 0 Å². The lowest BCUT2D eigenvalue weighted by Gasteiger charge is -2.23. The Kier molecular flexibility index (Phi) is 3.24. The van der Waals surface area contributed by atoms with Gasteiger partial charge in [-0.1, -0.05) is 0 Å². The Hall–Kier alpha value is 0.660. The molecule has 0 fully saturated rings. The van der Waals surface area contributed by atoms with Crippen LogP contribution in [0.5, 0.6) is 0 Å². The summed E-state index contributed by atoms with van der Waals surface area (Å²) in [4.78, 5) is 0. The number of nitrogens with two attached hydrogens (primary N) is 1. The first-order valence-corrected chi connectivity index (χ1v) is 3.65. The smallest absolute Gasteiger partial charge is 0.0269 e. The third-order valence-corrected chi connectivity index (χ3v) is 1.83. The van der Waals surface area contributed by atoms with E-state index in [1.54, 1.807) is 0 Å². The Labute approximate surface area is 61.8 Å². The van der Waals surface area contributed by atoms with Gasteiger partial charge in [0.1, 0.15) is 0 Å². The maximum atomic E-state index is 5.60. The van der Waals surface area contributed by atoms with E-state index in [1.807, 2.05) is 13.8 Å². The minimum absolute atomic E-state index is 0.0779.